The molecule has 4 aliphatic heterocycles. The van der Waals surface area contributed by atoms with Gasteiger partial charge in [0.05, 0.1) is 24.1 Å². The van der Waals surface area contributed by atoms with Crippen molar-refractivity contribution in [2.24, 2.45) is 5.92 Å². The van der Waals surface area contributed by atoms with E-state index in [4.69, 9.17) is 14.7 Å². The largest absolute Gasteiger partial charge is 0.444 e. The van der Waals surface area contributed by atoms with Crippen LogP contribution in [-0.4, -0.2) is 107 Å². The smallest absolute Gasteiger partial charge is 0.410 e. The van der Waals surface area contributed by atoms with Gasteiger partial charge in [-0.2, -0.15) is 0 Å². The number of carbonyl (C=O) groups is 3. The highest BCUT2D eigenvalue weighted by Crippen LogP contribution is 2.29. The fourth-order valence-corrected chi connectivity index (χ4v) is 7.45. The second-order valence-electron chi connectivity index (χ2n) is 15.3. The van der Waals surface area contributed by atoms with Crippen molar-refractivity contribution < 1.29 is 19.1 Å². The number of amides is 4. The Morgan fingerprint density at radius 1 is 0.923 bits per heavy atom. The molecular formula is C38H50N10O4. The average Bonchev–Trinajstić information content (AvgIpc) is 3.12. The molecule has 3 fully saturated rings. The zero-order valence-electron chi connectivity index (χ0n) is 30.7. The number of anilines is 5. The van der Waals surface area contributed by atoms with Crippen molar-refractivity contribution in [3.05, 3.63) is 59.5 Å². The number of pyridine rings is 1. The van der Waals surface area contributed by atoms with Gasteiger partial charge < -0.3 is 24.8 Å². The molecule has 0 saturated carbocycles. The molecule has 276 valence electrons. The molecule has 3 aromatic rings. The lowest BCUT2D eigenvalue weighted by Crippen LogP contribution is -2.50. The van der Waals surface area contributed by atoms with E-state index >= 15 is 0 Å². The third-order valence-corrected chi connectivity index (χ3v) is 10.3. The Balaban J connectivity index is 0.850. The molecule has 0 radical (unpaired) electrons. The molecule has 6 heterocycles. The summed E-state index contributed by atoms with van der Waals surface area (Å²) < 4.78 is 5.56. The number of fused-ring (bicyclic) bond motifs is 1. The summed E-state index contributed by atoms with van der Waals surface area (Å²) in [6.45, 7) is 16.1. The number of urea groups is 1. The molecule has 0 bridgehead atoms. The normalized spacial score (nSPS) is 19.0. The first-order valence-electron chi connectivity index (χ1n) is 18.5. The summed E-state index contributed by atoms with van der Waals surface area (Å²) >= 11 is 0. The van der Waals surface area contributed by atoms with Crippen LogP contribution in [0.2, 0.25) is 0 Å². The number of hydrogen-bond donors (Lipinski definition) is 2. The van der Waals surface area contributed by atoms with Gasteiger partial charge in [0.25, 0.3) is 0 Å². The van der Waals surface area contributed by atoms with Crippen LogP contribution >= 0.6 is 0 Å². The van der Waals surface area contributed by atoms with Gasteiger partial charge in [-0.3, -0.25) is 19.9 Å². The molecule has 52 heavy (non-hydrogen) atoms. The van der Waals surface area contributed by atoms with Crippen LogP contribution in [0.25, 0.3) is 0 Å². The number of carbonyl (C=O) groups excluding carboxylic acids is 3. The molecule has 2 aromatic heterocycles. The third-order valence-electron chi connectivity index (χ3n) is 10.3. The number of piperidine rings is 1. The Morgan fingerprint density at radius 3 is 2.40 bits per heavy atom. The number of aryl methyl sites for hydroxylation is 1. The molecule has 14 heteroatoms. The summed E-state index contributed by atoms with van der Waals surface area (Å²) in [5, 5.41) is 5.70. The minimum atomic E-state index is -0.541. The maximum Gasteiger partial charge on any atom is 0.410 e. The molecule has 0 aliphatic carbocycles. The number of nitrogens with one attached hydrogen (secondary N) is 2. The van der Waals surface area contributed by atoms with E-state index in [0.29, 0.717) is 44.3 Å². The number of rotatable bonds is 7. The minimum Gasteiger partial charge on any atom is -0.444 e. The second-order valence-corrected chi connectivity index (χ2v) is 15.3. The average molecular weight is 711 g/mol. The summed E-state index contributed by atoms with van der Waals surface area (Å²) in [4.78, 5) is 61.2. The van der Waals surface area contributed by atoms with Gasteiger partial charge >= 0.3 is 12.1 Å². The van der Waals surface area contributed by atoms with Crippen molar-refractivity contribution in [2.45, 2.75) is 65.5 Å². The number of piperazine rings is 1. The van der Waals surface area contributed by atoms with Gasteiger partial charge in [-0.25, -0.2) is 24.5 Å². The van der Waals surface area contributed by atoms with Crippen LogP contribution in [-0.2, 0) is 22.5 Å². The van der Waals surface area contributed by atoms with E-state index in [-0.39, 0.29) is 18.0 Å². The van der Waals surface area contributed by atoms with Gasteiger partial charge in [-0.1, -0.05) is 0 Å². The number of aromatic nitrogens is 3. The molecule has 7 rings (SSSR count). The highest BCUT2D eigenvalue weighted by Gasteiger charge is 2.29. The van der Waals surface area contributed by atoms with Crippen molar-refractivity contribution in [1.82, 2.24) is 30.1 Å². The number of nitrogens with zero attached hydrogens (tertiary/aromatic N) is 8. The van der Waals surface area contributed by atoms with Gasteiger partial charge in [0.15, 0.2) is 0 Å². The molecule has 14 nitrogen and oxygen atoms in total. The minimum absolute atomic E-state index is 0.217. The van der Waals surface area contributed by atoms with Crippen LogP contribution in [0.5, 0.6) is 0 Å². The Labute approximate surface area is 305 Å². The summed E-state index contributed by atoms with van der Waals surface area (Å²) in [6, 6.07) is 9.99. The first-order valence-corrected chi connectivity index (χ1v) is 18.5. The number of ether oxygens (including phenoxy) is 1. The van der Waals surface area contributed by atoms with Crippen LogP contribution in [0, 0.1) is 12.8 Å². The highest BCUT2D eigenvalue weighted by molar-refractivity contribution is 6.06. The molecule has 4 amide bonds. The van der Waals surface area contributed by atoms with Crippen LogP contribution in [0.4, 0.5) is 38.4 Å². The van der Waals surface area contributed by atoms with E-state index in [1.54, 1.807) is 9.80 Å². The summed E-state index contributed by atoms with van der Waals surface area (Å²) in [5.74, 6) is 1.91. The van der Waals surface area contributed by atoms with E-state index in [1.807, 2.05) is 52.2 Å². The molecule has 0 spiro atoms. The lowest BCUT2D eigenvalue weighted by Gasteiger charge is -2.40. The maximum atomic E-state index is 12.6. The van der Waals surface area contributed by atoms with Crippen LogP contribution in [0.1, 0.15) is 56.9 Å². The van der Waals surface area contributed by atoms with Gasteiger partial charge in [0, 0.05) is 82.9 Å². The van der Waals surface area contributed by atoms with E-state index in [0.717, 1.165) is 92.7 Å². The Bertz CT molecular complexity index is 1780. The van der Waals surface area contributed by atoms with Crippen molar-refractivity contribution >= 4 is 46.9 Å². The lowest BCUT2D eigenvalue weighted by atomic mass is 9.96. The van der Waals surface area contributed by atoms with Crippen molar-refractivity contribution in [2.75, 3.05) is 78.9 Å². The molecule has 3 saturated heterocycles. The van der Waals surface area contributed by atoms with E-state index in [2.05, 4.69) is 48.5 Å². The van der Waals surface area contributed by atoms with Gasteiger partial charge in [0.2, 0.25) is 11.9 Å². The molecule has 1 aromatic carbocycles. The fourth-order valence-electron chi connectivity index (χ4n) is 7.45. The monoisotopic (exact) mass is 710 g/mol. The fraction of sp³-hybridized carbons (Fsp3) is 0.526. The van der Waals surface area contributed by atoms with Crippen molar-refractivity contribution in [3.63, 3.8) is 0 Å². The number of benzene rings is 1. The van der Waals surface area contributed by atoms with E-state index in [9.17, 15) is 14.4 Å². The Hall–Kier alpha value is -4.98. The second kappa shape index (κ2) is 14.9. The first-order chi connectivity index (χ1) is 25.0. The topological polar surface area (TPSA) is 139 Å². The maximum absolute atomic E-state index is 12.6. The van der Waals surface area contributed by atoms with Gasteiger partial charge in [0.1, 0.15) is 11.4 Å². The Kier molecular flexibility index (Phi) is 10.2. The predicted molar refractivity (Wildman–Crippen MR) is 200 cm³/mol. The van der Waals surface area contributed by atoms with Crippen LogP contribution in [0.15, 0.2) is 42.7 Å². The summed E-state index contributed by atoms with van der Waals surface area (Å²) in [7, 11) is 0. The lowest BCUT2D eigenvalue weighted by molar-refractivity contribution is -0.120. The van der Waals surface area contributed by atoms with Crippen molar-refractivity contribution in [3.8, 4) is 0 Å². The van der Waals surface area contributed by atoms with Gasteiger partial charge in [-0.15, -0.1) is 0 Å². The zero-order chi connectivity index (χ0) is 36.4. The van der Waals surface area contributed by atoms with Gasteiger partial charge in [-0.05, 0) is 94.3 Å². The molecule has 0 atom stereocenters. The van der Waals surface area contributed by atoms with Crippen molar-refractivity contribution in [1.29, 1.82) is 0 Å². The van der Waals surface area contributed by atoms with Crippen LogP contribution in [0.3, 0.4) is 0 Å². The molecular weight excluding hydrogens is 660 g/mol. The predicted octanol–water partition coefficient (Wildman–Crippen LogP) is 4.70. The molecule has 0 unspecified atom stereocenters. The van der Waals surface area contributed by atoms with E-state index in [1.165, 1.54) is 5.69 Å². The van der Waals surface area contributed by atoms with E-state index < -0.39 is 5.60 Å². The summed E-state index contributed by atoms with van der Waals surface area (Å²) in [6.07, 6.45) is 6.65. The SMILES string of the molecule is Cc1cc(N2CCN(CC3CCN(c4ccc(Nc5ncc6c(n5)CN(C(=O)OC(C)(C)C)CC6)cn4)CC3)CC2)ccc1N1CCC(=O)NC1=O. The quantitative estimate of drug-likeness (QED) is 0.353. The molecule has 2 N–H and O–H groups in total. The number of imide groups is 1. The third kappa shape index (κ3) is 8.38. The standard InChI is InChI=1S/C38H50N10O4/c1-26-21-30(6-7-32(26)48-16-12-34(49)43-36(48)50)45-19-17-44(18-20-45)24-27-9-13-46(14-10-27)33-8-5-29(23-39-33)41-35-40-22-28-11-15-47(25-31(28)42-35)37(51)52-38(2,3)4/h5-8,21-23,27H,9-20,24-25H2,1-4H3,(H,40,41,42)(H,43,49,50). The number of hydrogen-bond acceptors (Lipinski definition) is 11. The highest BCUT2D eigenvalue weighted by atomic mass is 16.6. The van der Waals surface area contributed by atoms with Crippen LogP contribution < -0.4 is 25.3 Å². The summed E-state index contributed by atoms with van der Waals surface area (Å²) in [5.41, 5.74) is 5.23. The zero-order valence-corrected chi connectivity index (χ0v) is 30.7. The Morgan fingerprint density at radius 2 is 1.71 bits per heavy atom. The first kappa shape index (κ1) is 35.4. The molecule has 4 aliphatic rings.